The Hall–Kier alpha value is -2.92. The summed E-state index contributed by atoms with van der Waals surface area (Å²) in [7, 11) is 2.97. The Bertz CT molecular complexity index is 1200. The van der Waals surface area contributed by atoms with Crippen LogP contribution in [0.15, 0.2) is 29.0 Å². The first kappa shape index (κ1) is 23.2. The van der Waals surface area contributed by atoms with Gasteiger partial charge in [0.05, 0.1) is 17.2 Å². The van der Waals surface area contributed by atoms with E-state index in [0.717, 1.165) is 0 Å². The maximum Gasteiger partial charge on any atom is 0.255 e. The van der Waals surface area contributed by atoms with Gasteiger partial charge in [0.2, 0.25) is 5.78 Å². The van der Waals surface area contributed by atoms with Gasteiger partial charge in [-0.1, -0.05) is 11.6 Å². The molecule has 0 bridgehead atoms. The molecule has 5 atom stereocenters. The number of halogens is 1. The number of carbonyl (C=O) groups is 3. The van der Waals surface area contributed by atoms with Crippen molar-refractivity contribution in [3.8, 4) is 5.75 Å². The number of Topliss-reactive ketones (excluding diaryl/α,β-unsaturated/α-hetero) is 2. The molecular weight excluding hydrogens is 456 g/mol. The summed E-state index contributed by atoms with van der Waals surface area (Å²) in [5.41, 5.74) is -1.10. The van der Waals surface area contributed by atoms with Crippen LogP contribution in [0.2, 0.25) is 5.02 Å². The van der Waals surface area contributed by atoms with E-state index in [-0.39, 0.29) is 22.6 Å². The van der Waals surface area contributed by atoms with Gasteiger partial charge < -0.3 is 31.3 Å². The smallest absolute Gasteiger partial charge is 0.255 e. The molecule has 3 unspecified atom stereocenters. The summed E-state index contributed by atoms with van der Waals surface area (Å²) in [4.78, 5) is 40.1. The molecule has 0 radical (unpaired) electrons. The highest BCUT2D eigenvalue weighted by Gasteiger charge is 2.66. The fourth-order valence-electron chi connectivity index (χ4n) is 5.58. The zero-order valence-electron chi connectivity index (χ0n) is 18.0. The fraction of sp³-hybridized carbons (Fsp3) is 0.409. The minimum Gasteiger partial charge on any atom is -0.508 e. The monoisotopic (exact) mass is 478 g/mol. The summed E-state index contributed by atoms with van der Waals surface area (Å²) in [5.74, 6) is -8.30. The molecule has 11 heteroatoms. The number of ketones is 2. The van der Waals surface area contributed by atoms with Crippen LogP contribution in [0.4, 0.5) is 0 Å². The van der Waals surface area contributed by atoms with Gasteiger partial charge in [-0.3, -0.25) is 19.3 Å². The Morgan fingerprint density at radius 1 is 1.18 bits per heavy atom. The van der Waals surface area contributed by atoms with Crippen LogP contribution in [-0.4, -0.2) is 73.6 Å². The van der Waals surface area contributed by atoms with Crippen molar-refractivity contribution in [3.63, 3.8) is 0 Å². The molecule has 1 amide bonds. The molecule has 176 valence electrons. The Morgan fingerprint density at radius 2 is 1.79 bits per heavy atom. The normalized spacial score (nSPS) is 33.7. The van der Waals surface area contributed by atoms with Gasteiger partial charge in [-0.25, -0.2) is 0 Å². The molecule has 1 aromatic rings. The van der Waals surface area contributed by atoms with Crippen molar-refractivity contribution in [2.45, 2.75) is 30.6 Å². The van der Waals surface area contributed by atoms with Crippen LogP contribution in [0, 0.1) is 11.8 Å². The van der Waals surface area contributed by atoms with E-state index in [1.807, 2.05) is 0 Å². The van der Waals surface area contributed by atoms with Crippen LogP contribution >= 0.6 is 11.6 Å². The summed E-state index contributed by atoms with van der Waals surface area (Å²) in [6.45, 7) is 1.34. The van der Waals surface area contributed by atoms with E-state index in [0.29, 0.717) is 0 Å². The summed E-state index contributed by atoms with van der Waals surface area (Å²) in [6.07, 6.45) is -0.259. The van der Waals surface area contributed by atoms with Crippen LogP contribution in [0.3, 0.4) is 0 Å². The predicted molar refractivity (Wildman–Crippen MR) is 115 cm³/mol. The molecule has 0 spiro atoms. The van der Waals surface area contributed by atoms with E-state index in [1.54, 1.807) is 0 Å². The molecule has 3 aliphatic rings. The second-order valence-corrected chi connectivity index (χ2v) is 9.48. The van der Waals surface area contributed by atoms with Gasteiger partial charge in [0.15, 0.2) is 11.4 Å². The number of aliphatic hydroxyl groups excluding tert-OH is 2. The fourth-order valence-corrected chi connectivity index (χ4v) is 5.93. The lowest BCUT2D eigenvalue weighted by molar-refractivity contribution is -0.159. The molecule has 4 rings (SSSR count). The van der Waals surface area contributed by atoms with Gasteiger partial charge >= 0.3 is 0 Å². The number of nitrogens with zero attached hydrogens (tertiary/aromatic N) is 1. The zero-order valence-corrected chi connectivity index (χ0v) is 18.7. The quantitative estimate of drug-likeness (QED) is 0.325. The van der Waals surface area contributed by atoms with E-state index in [9.17, 15) is 39.9 Å². The third kappa shape index (κ3) is 2.75. The number of likely N-dealkylation sites (N-methyl/N-ethyl adjacent to an activating group) is 1. The second kappa shape index (κ2) is 7.04. The summed E-state index contributed by atoms with van der Waals surface area (Å²) in [6, 6.07) is 1.24. The number of benzene rings is 1. The number of nitrogens with two attached hydrogens (primary N) is 1. The van der Waals surface area contributed by atoms with Crippen molar-refractivity contribution in [3.05, 3.63) is 45.2 Å². The topological polar surface area (TPSA) is 182 Å². The first-order chi connectivity index (χ1) is 15.2. The molecular formula is C22H23ClN2O8. The number of primary amides is 1. The first-order valence-electron chi connectivity index (χ1n) is 10.1. The van der Waals surface area contributed by atoms with Crippen LogP contribution < -0.4 is 5.73 Å². The number of fused-ring (bicyclic) bond motifs is 3. The number of phenolic OH excluding ortho intramolecular Hbond substituents is 1. The van der Waals surface area contributed by atoms with Crippen molar-refractivity contribution in [2.75, 3.05) is 14.1 Å². The summed E-state index contributed by atoms with van der Waals surface area (Å²) in [5, 5.41) is 55.2. The maximum absolute atomic E-state index is 13.7. The van der Waals surface area contributed by atoms with Gasteiger partial charge in [-0.2, -0.15) is 0 Å². The van der Waals surface area contributed by atoms with E-state index in [1.165, 1.54) is 38.1 Å². The van der Waals surface area contributed by atoms with Crippen molar-refractivity contribution in [1.29, 1.82) is 0 Å². The third-order valence-electron chi connectivity index (χ3n) is 7.07. The maximum atomic E-state index is 13.7. The predicted octanol–water partition coefficient (Wildman–Crippen LogP) is 0.282. The third-order valence-corrected chi connectivity index (χ3v) is 7.39. The van der Waals surface area contributed by atoms with Crippen molar-refractivity contribution in [1.82, 2.24) is 4.90 Å². The lowest BCUT2D eigenvalue weighted by Gasteiger charge is -2.53. The van der Waals surface area contributed by atoms with E-state index in [4.69, 9.17) is 17.3 Å². The molecule has 3 aliphatic carbocycles. The van der Waals surface area contributed by atoms with Gasteiger partial charge in [0.25, 0.3) is 5.91 Å². The summed E-state index contributed by atoms with van der Waals surface area (Å²) >= 11 is 6.28. The van der Waals surface area contributed by atoms with Crippen LogP contribution in [0.5, 0.6) is 5.75 Å². The van der Waals surface area contributed by atoms with Gasteiger partial charge in [0, 0.05) is 28.0 Å². The highest BCUT2D eigenvalue weighted by Crippen LogP contribution is 2.58. The standard InChI is InChI=1S/C22H23ClN2O8/c1-21(32)7-6-8-15(25(2)3)17(28)13(20(24)31)19(30)22(8,33)18(29)11(7)16(27)12-10(26)5-4-9(23)14(12)21/h4-5,7-8,15,26-27,30,32-33H,6H2,1-3H3,(H2,24,31)/t7?,8?,15?,21-,22-/m0/s1. The van der Waals surface area contributed by atoms with Crippen LogP contribution in [0.1, 0.15) is 24.5 Å². The second-order valence-electron chi connectivity index (χ2n) is 9.08. The highest BCUT2D eigenvalue weighted by atomic mass is 35.5. The lowest BCUT2D eigenvalue weighted by Crippen LogP contribution is -2.67. The van der Waals surface area contributed by atoms with Crippen molar-refractivity contribution < 1.29 is 39.9 Å². The van der Waals surface area contributed by atoms with Crippen LogP contribution in [0.25, 0.3) is 5.76 Å². The number of phenols is 1. The molecule has 1 fully saturated rings. The Kier molecular flexibility index (Phi) is 4.96. The van der Waals surface area contributed by atoms with E-state index >= 15 is 0 Å². The molecule has 10 nitrogen and oxygen atoms in total. The number of hydrogen-bond acceptors (Lipinski definition) is 9. The SMILES string of the molecule is CN(C)C1C(=O)C(C(N)=O)=C(O)[C@@]2(O)C(=O)C3=C(O)c4c(O)ccc(Cl)c4[C@@](C)(O)C3CC12. The van der Waals surface area contributed by atoms with E-state index in [2.05, 4.69) is 0 Å². The summed E-state index contributed by atoms with van der Waals surface area (Å²) < 4.78 is 0. The molecule has 0 aromatic heterocycles. The average molecular weight is 479 g/mol. The van der Waals surface area contributed by atoms with Crippen molar-refractivity contribution >= 4 is 34.8 Å². The van der Waals surface area contributed by atoms with Crippen molar-refractivity contribution in [2.24, 2.45) is 17.6 Å². The number of hydrogen-bond donors (Lipinski definition) is 6. The Labute approximate surface area is 193 Å². The Balaban J connectivity index is 2.07. The number of aromatic hydroxyl groups is 1. The Morgan fingerprint density at radius 3 is 2.33 bits per heavy atom. The minimum absolute atomic E-state index is 0.0187. The minimum atomic E-state index is -2.78. The van der Waals surface area contributed by atoms with Gasteiger partial charge in [0.1, 0.15) is 22.8 Å². The molecule has 7 N–H and O–H groups in total. The van der Waals surface area contributed by atoms with Crippen LogP contribution in [-0.2, 0) is 20.0 Å². The van der Waals surface area contributed by atoms with Gasteiger partial charge in [-0.05, 0) is 39.6 Å². The van der Waals surface area contributed by atoms with E-state index < -0.39 is 75.0 Å². The average Bonchev–Trinajstić information content (AvgIpc) is 2.69. The number of carbonyl (C=O) groups excluding carboxylic acids is 3. The number of aliphatic hydroxyl groups is 4. The molecule has 1 saturated carbocycles. The van der Waals surface area contributed by atoms with Gasteiger partial charge in [-0.15, -0.1) is 0 Å². The number of rotatable bonds is 2. The number of amides is 1. The largest absolute Gasteiger partial charge is 0.508 e. The highest BCUT2D eigenvalue weighted by molar-refractivity contribution is 6.32. The molecule has 0 heterocycles. The lowest BCUT2D eigenvalue weighted by atomic mass is 9.54. The molecule has 33 heavy (non-hydrogen) atoms. The molecule has 0 aliphatic heterocycles. The molecule has 0 saturated heterocycles. The molecule has 1 aromatic carbocycles. The first-order valence-corrected chi connectivity index (χ1v) is 10.5. The zero-order chi connectivity index (χ0) is 24.8.